The first-order valence-corrected chi connectivity index (χ1v) is 5.32. The van der Waals surface area contributed by atoms with Gasteiger partial charge in [-0.2, -0.15) is 0 Å². The van der Waals surface area contributed by atoms with Crippen LogP contribution in [0.4, 0.5) is 0 Å². The van der Waals surface area contributed by atoms with Crippen molar-refractivity contribution in [2.45, 2.75) is 0 Å². The molecule has 0 amide bonds. The smallest absolute Gasteiger partial charge is 0.0317 e. The van der Waals surface area contributed by atoms with Crippen molar-refractivity contribution in [3.63, 3.8) is 0 Å². The van der Waals surface area contributed by atoms with Gasteiger partial charge in [0, 0.05) is 12.2 Å². The average Bonchev–Trinajstić information content (AvgIpc) is 2.25. The molecule has 1 rings (SSSR count). The number of rotatable bonds is 2. The van der Waals surface area contributed by atoms with Crippen LogP contribution in [0.25, 0.3) is 0 Å². The van der Waals surface area contributed by atoms with Crippen LogP contribution in [0.1, 0.15) is 0 Å². The maximum absolute atomic E-state index is 5.87. The van der Waals surface area contributed by atoms with Gasteiger partial charge >= 0.3 is 0 Å². The Morgan fingerprint density at radius 2 is 1.62 bits per heavy atom. The first-order chi connectivity index (χ1) is 7.83. The second-order valence-corrected chi connectivity index (χ2v) is 3.43. The predicted molar refractivity (Wildman–Crippen MR) is 70.8 cm³/mol. The van der Waals surface area contributed by atoms with Crippen molar-refractivity contribution in [2.24, 2.45) is 5.73 Å². The topological polar surface area (TPSA) is 38.0 Å². The Labute approximate surface area is 97.2 Å². The van der Waals surface area contributed by atoms with E-state index in [0.29, 0.717) is 0 Å². The number of nitrogens with two attached hydrogens (primary N) is 1. The van der Waals surface area contributed by atoms with E-state index in [-0.39, 0.29) is 0 Å². The van der Waals surface area contributed by atoms with E-state index in [0.717, 1.165) is 17.8 Å². The lowest BCUT2D eigenvalue weighted by molar-refractivity contribution is 0.894. The third-order valence-corrected chi connectivity index (χ3v) is 2.00. The standard InChI is InChI=1S/C14H18N2/c1-16-12-13-9-7-5-3-2-4-6-8-10-14(15)11-13/h2-11,16H,12,15H2,1H3/b3-2?,4-2-,5-3-,6-4?,7-5?,8-6-,9-7-,10-8?,13-9?,13-11+,14-10+,14-11?. The van der Waals surface area contributed by atoms with Crippen LogP contribution in [0.15, 0.2) is 72.0 Å². The van der Waals surface area contributed by atoms with Gasteiger partial charge in [0.15, 0.2) is 0 Å². The minimum Gasteiger partial charge on any atom is -0.399 e. The minimum absolute atomic E-state index is 0.754. The molecular formula is C14H18N2. The lowest BCUT2D eigenvalue weighted by Gasteiger charge is -2.01. The third kappa shape index (κ3) is 5.17. The van der Waals surface area contributed by atoms with Gasteiger partial charge in [-0.05, 0) is 24.8 Å². The number of hydrogen-bond donors (Lipinski definition) is 2. The largest absolute Gasteiger partial charge is 0.399 e. The molecule has 1 aliphatic carbocycles. The fourth-order valence-electron chi connectivity index (χ4n) is 1.29. The van der Waals surface area contributed by atoms with Crippen molar-refractivity contribution in [1.29, 1.82) is 0 Å². The van der Waals surface area contributed by atoms with Crippen molar-refractivity contribution in [1.82, 2.24) is 5.32 Å². The zero-order valence-electron chi connectivity index (χ0n) is 9.56. The van der Waals surface area contributed by atoms with E-state index in [9.17, 15) is 0 Å². The van der Waals surface area contributed by atoms with E-state index in [1.165, 1.54) is 0 Å². The molecule has 2 heteroatoms. The minimum atomic E-state index is 0.754. The Kier molecular flexibility index (Phi) is 5.74. The average molecular weight is 214 g/mol. The SMILES string of the molecule is CNCC1=C/C(N)=C\C=C/C=C\C=C/C=C\1. The van der Waals surface area contributed by atoms with E-state index in [1.54, 1.807) is 0 Å². The molecule has 1 aliphatic rings. The summed E-state index contributed by atoms with van der Waals surface area (Å²) in [6.45, 7) is 0.804. The van der Waals surface area contributed by atoms with Crippen LogP contribution in [-0.4, -0.2) is 13.6 Å². The van der Waals surface area contributed by atoms with Crippen molar-refractivity contribution >= 4 is 0 Å². The monoisotopic (exact) mass is 214 g/mol. The van der Waals surface area contributed by atoms with Crippen LogP contribution in [-0.2, 0) is 0 Å². The number of likely N-dealkylation sites (N-methyl/N-ethyl adjacent to an activating group) is 1. The number of nitrogens with one attached hydrogen (secondary N) is 1. The summed E-state index contributed by atoms with van der Waals surface area (Å²) in [5.74, 6) is 0. The van der Waals surface area contributed by atoms with Gasteiger partial charge in [0.25, 0.3) is 0 Å². The summed E-state index contributed by atoms with van der Waals surface area (Å²) in [6, 6.07) is 0. The molecule has 0 fully saturated rings. The number of hydrogen-bond acceptors (Lipinski definition) is 2. The molecule has 0 saturated carbocycles. The molecule has 0 aliphatic heterocycles. The highest BCUT2D eigenvalue weighted by atomic mass is 14.8. The first-order valence-electron chi connectivity index (χ1n) is 5.32. The van der Waals surface area contributed by atoms with Gasteiger partial charge in [0.2, 0.25) is 0 Å². The van der Waals surface area contributed by atoms with E-state index in [1.807, 2.05) is 67.8 Å². The molecule has 0 heterocycles. The molecule has 3 N–H and O–H groups in total. The number of allylic oxidation sites excluding steroid dienone is 9. The van der Waals surface area contributed by atoms with E-state index >= 15 is 0 Å². The summed E-state index contributed by atoms with van der Waals surface area (Å²) in [7, 11) is 1.92. The van der Waals surface area contributed by atoms with Gasteiger partial charge in [-0.25, -0.2) is 0 Å². The highest BCUT2D eigenvalue weighted by Gasteiger charge is 1.91. The van der Waals surface area contributed by atoms with Crippen LogP contribution < -0.4 is 11.1 Å². The normalized spacial score (nSPS) is 30.8. The van der Waals surface area contributed by atoms with Gasteiger partial charge < -0.3 is 11.1 Å². The quantitative estimate of drug-likeness (QED) is 0.739. The second kappa shape index (κ2) is 7.49. The summed E-state index contributed by atoms with van der Waals surface area (Å²) < 4.78 is 0. The maximum atomic E-state index is 5.87. The lowest BCUT2D eigenvalue weighted by Crippen LogP contribution is -2.10. The Morgan fingerprint density at radius 3 is 2.31 bits per heavy atom. The first kappa shape index (κ1) is 12.3. The van der Waals surface area contributed by atoms with Gasteiger partial charge in [0.05, 0.1) is 0 Å². The molecule has 0 radical (unpaired) electrons. The lowest BCUT2D eigenvalue weighted by atomic mass is 10.2. The molecule has 0 atom stereocenters. The van der Waals surface area contributed by atoms with Gasteiger partial charge in [-0.3, -0.25) is 0 Å². The third-order valence-electron chi connectivity index (χ3n) is 2.00. The molecule has 2 nitrogen and oxygen atoms in total. The highest BCUT2D eigenvalue weighted by Crippen LogP contribution is 2.01. The van der Waals surface area contributed by atoms with Crippen LogP contribution in [0.3, 0.4) is 0 Å². The second-order valence-electron chi connectivity index (χ2n) is 3.43. The van der Waals surface area contributed by atoms with Crippen molar-refractivity contribution in [2.75, 3.05) is 13.6 Å². The Bertz CT molecular complexity index is 380. The molecule has 84 valence electrons. The van der Waals surface area contributed by atoms with Crippen molar-refractivity contribution in [3.05, 3.63) is 72.0 Å². The van der Waals surface area contributed by atoms with Crippen LogP contribution in [0, 0.1) is 0 Å². The van der Waals surface area contributed by atoms with Crippen LogP contribution in [0.2, 0.25) is 0 Å². The zero-order chi connectivity index (χ0) is 11.6. The molecule has 16 heavy (non-hydrogen) atoms. The Morgan fingerprint density at radius 1 is 1.00 bits per heavy atom. The van der Waals surface area contributed by atoms with Crippen molar-refractivity contribution in [3.8, 4) is 0 Å². The van der Waals surface area contributed by atoms with E-state index < -0.39 is 0 Å². The van der Waals surface area contributed by atoms with E-state index in [2.05, 4.69) is 5.32 Å². The summed E-state index contributed by atoms with van der Waals surface area (Å²) in [5, 5.41) is 3.11. The Balaban J connectivity index is 2.92. The highest BCUT2D eigenvalue weighted by molar-refractivity contribution is 5.34. The van der Waals surface area contributed by atoms with Crippen molar-refractivity contribution < 1.29 is 0 Å². The summed E-state index contributed by atoms with van der Waals surface area (Å²) in [4.78, 5) is 0. The molecule has 0 bridgehead atoms. The fraction of sp³-hybridized carbons (Fsp3) is 0.143. The Hall–Kier alpha value is -1.80. The summed E-state index contributed by atoms with van der Waals surface area (Å²) >= 11 is 0. The predicted octanol–water partition coefficient (Wildman–Crippen LogP) is 2.21. The molecule has 0 saturated heterocycles. The molecular weight excluding hydrogens is 196 g/mol. The van der Waals surface area contributed by atoms with Gasteiger partial charge in [-0.1, -0.05) is 48.6 Å². The van der Waals surface area contributed by atoms with E-state index in [4.69, 9.17) is 5.73 Å². The van der Waals surface area contributed by atoms with Gasteiger partial charge in [-0.15, -0.1) is 0 Å². The van der Waals surface area contributed by atoms with Crippen LogP contribution >= 0.6 is 0 Å². The summed E-state index contributed by atoms with van der Waals surface area (Å²) in [5.41, 5.74) is 7.77. The molecule has 0 aromatic heterocycles. The summed E-state index contributed by atoms with van der Waals surface area (Å²) in [6.07, 6.45) is 19.7. The molecule has 0 aromatic carbocycles. The maximum Gasteiger partial charge on any atom is 0.0317 e. The molecule has 0 spiro atoms. The van der Waals surface area contributed by atoms with Crippen LogP contribution in [0.5, 0.6) is 0 Å². The molecule has 0 aromatic rings. The zero-order valence-corrected chi connectivity index (χ0v) is 9.56. The fourth-order valence-corrected chi connectivity index (χ4v) is 1.29. The van der Waals surface area contributed by atoms with Gasteiger partial charge in [0.1, 0.15) is 0 Å². The molecule has 0 unspecified atom stereocenters.